The van der Waals surface area contributed by atoms with Gasteiger partial charge in [-0.25, -0.2) is 4.98 Å². The van der Waals surface area contributed by atoms with Gasteiger partial charge in [0.2, 0.25) is 5.91 Å². The van der Waals surface area contributed by atoms with Crippen LogP contribution in [0.15, 0.2) is 6.20 Å². The fourth-order valence-electron chi connectivity index (χ4n) is 4.38. The Bertz CT molecular complexity index is 713. The van der Waals surface area contributed by atoms with Crippen molar-refractivity contribution in [1.82, 2.24) is 19.8 Å². The number of H-pyrrole nitrogens is 1. The van der Waals surface area contributed by atoms with Crippen LogP contribution in [0.25, 0.3) is 0 Å². The molecule has 1 unspecified atom stereocenters. The molecule has 1 aliphatic carbocycles. The SMILES string of the molecule is Cc1ncc(CN(CC(=O)O)C(=O)C2CCCN(C3CCCCC3)C2)[nH]1.O=CO.O=CO. The van der Waals surface area contributed by atoms with Crippen LogP contribution in [0, 0.1) is 12.8 Å². The topological polar surface area (TPSA) is 164 Å². The Kier molecular flexibility index (Phi) is 12.7. The van der Waals surface area contributed by atoms with Crippen LogP contribution in [-0.2, 0) is 25.7 Å². The van der Waals surface area contributed by atoms with Crippen molar-refractivity contribution in [3.05, 3.63) is 17.7 Å². The van der Waals surface area contributed by atoms with Crippen LogP contribution in [0.5, 0.6) is 0 Å². The van der Waals surface area contributed by atoms with Crippen molar-refractivity contribution in [2.45, 2.75) is 64.5 Å². The Morgan fingerprint density at radius 3 is 2.31 bits per heavy atom. The van der Waals surface area contributed by atoms with Gasteiger partial charge in [-0.2, -0.15) is 0 Å². The summed E-state index contributed by atoms with van der Waals surface area (Å²) in [6.07, 6.45) is 9.88. The quantitative estimate of drug-likeness (QED) is 0.467. The minimum Gasteiger partial charge on any atom is -0.483 e. The zero-order valence-corrected chi connectivity index (χ0v) is 18.5. The summed E-state index contributed by atoms with van der Waals surface area (Å²) in [6.45, 7) is 3.17. The van der Waals surface area contributed by atoms with E-state index in [-0.39, 0.29) is 37.9 Å². The second-order valence-corrected chi connectivity index (χ2v) is 7.92. The number of piperidine rings is 1. The van der Waals surface area contributed by atoms with Gasteiger partial charge in [-0.05, 0) is 39.2 Å². The molecule has 3 rings (SSSR count). The van der Waals surface area contributed by atoms with Crippen molar-refractivity contribution >= 4 is 24.8 Å². The molecule has 32 heavy (non-hydrogen) atoms. The van der Waals surface area contributed by atoms with Crippen molar-refractivity contribution in [3.63, 3.8) is 0 Å². The van der Waals surface area contributed by atoms with E-state index in [1.54, 1.807) is 6.20 Å². The third kappa shape index (κ3) is 9.46. The number of hydrogen-bond acceptors (Lipinski definition) is 6. The molecule has 1 saturated carbocycles. The number of aliphatic carboxylic acids is 1. The molecular formula is C21H34N4O7. The number of aromatic amines is 1. The lowest BCUT2D eigenvalue weighted by atomic mass is 9.89. The first-order valence-electron chi connectivity index (χ1n) is 10.8. The molecule has 2 fully saturated rings. The van der Waals surface area contributed by atoms with Gasteiger partial charge in [-0.15, -0.1) is 0 Å². The van der Waals surface area contributed by atoms with E-state index in [0.29, 0.717) is 6.04 Å². The summed E-state index contributed by atoms with van der Waals surface area (Å²) in [5, 5.41) is 23.0. The van der Waals surface area contributed by atoms with Crippen LogP contribution in [0.4, 0.5) is 0 Å². The van der Waals surface area contributed by atoms with Crippen LogP contribution in [0.1, 0.15) is 56.5 Å². The minimum atomic E-state index is -0.977. The molecule has 1 aromatic heterocycles. The van der Waals surface area contributed by atoms with E-state index < -0.39 is 5.97 Å². The van der Waals surface area contributed by atoms with Gasteiger partial charge in [0.15, 0.2) is 0 Å². The largest absolute Gasteiger partial charge is 0.483 e. The summed E-state index contributed by atoms with van der Waals surface area (Å²) in [5.41, 5.74) is 0.775. The molecule has 11 nitrogen and oxygen atoms in total. The van der Waals surface area contributed by atoms with Crippen molar-refractivity contribution in [1.29, 1.82) is 0 Å². The fourth-order valence-corrected chi connectivity index (χ4v) is 4.38. The Morgan fingerprint density at radius 1 is 1.16 bits per heavy atom. The number of rotatable bonds is 6. The Morgan fingerprint density at radius 2 is 1.78 bits per heavy atom. The highest BCUT2D eigenvalue weighted by Gasteiger charge is 2.33. The Balaban J connectivity index is 0.000000769. The first-order chi connectivity index (χ1) is 15.4. The first kappa shape index (κ1) is 27.1. The van der Waals surface area contributed by atoms with Gasteiger partial charge in [-0.3, -0.25) is 24.1 Å². The maximum Gasteiger partial charge on any atom is 0.323 e. The number of carboxylic acids is 1. The van der Waals surface area contributed by atoms with E-state index in [1.165, 1.54) is 37.0 Å². The first-order valence-corrected chi connectivity index (χ1v) is 10.8. The van der Waals surface area contributed by atoms with E-state index in [0.717, 1.165) is 37.4 Å². The van der Waals surface area contributed by atoms with Gasteiger partial charge < -0.3 is 25.2 Å². The summed E-state index contributed by atoms with van der Waals surface area (Å²) in [4.78, 5) is 52.2. The normalized spacial score (nSPS) is 18.8. The molecule has 2 aliphatic rings. The van der Waals surface area contributed by atoms with Gasteiger partial charge >= 0.3 is 5.97 Å². The van der Waals surface area contributed by atoms with Gasteiger partial charge in [0.25, 0.3) is 12.9 Å². The second-order valence-electron chi connectivity index (χ2n) is 7.92. The predicted octanol–water partition coefficient (Wildman–Crippen LogP) is 1.58. The third-order valence-electron chi connectivity index (χ3n) is 5.65. The number of carboxylic acid groups (broad SMARTS) is 3. The molecule has 0 bridgehead atoms. The molecule has 1 atom stereocenters. The second kappa shape index (κ2) is 15.0. The molecular weight excluding hydrogens is 420 g/mol. The molecule has 0 spiro atoms. The smallest absolute Gasteiger partial charge is 0.323 e. The van der Waals surface area contributed by atoms with Crippen LogP contribution >= 0.6 is 0 Å². The van der Waals surface area contributed by atoms with Crippen molar-refractivity contribution < 1.29 is 34.5 Å². The molecule has 1 amide bonds. The number of nitrogens with one attached hydrogen (secondary N) is 1. The molecule has 4 N–H and O–H groups in total. The molecule has 11 heteroatoms. The van der Waals surface area contributed by atoms with E-state index in [1.807, 2.05) is 6.92 Å². The van der Waals surface area contributed by atoms with Gasteiger partial charge in [0.1, 0.15) is 12.4 Å². The number of likely N-dealkylation sites (tertiary alicyclic amines) is 1. The summed E-state index contributed by atoms with van der Waals surface area (Å²) in [7, 11) is 0. The highest BCUT2D eigenvalue weighted by atomic mass is 16.4. The summed E-state index contributed by atoms with van der Waals surface area (Å²) in [5.74, 6) is -0.354. The monoisotopic (exact) mass is 454 g/mol. The van der Waals surface area contributed by atoms with Crippen LogP contribution in [0.3, 0.4) is 0 Å². The van der Waals surface area contributed by atoms with E-state index in [4.69, 9.17) is 19.8 Å². The van der Waals surface area contributed by atoms with Crippen LogP contribution in [-0.4, -0.2) is 85.6 Å². The van der Waals surface area contributed by atoms with Crippen LogP contribution < -0.4 is 0 Å². The molecule has 1 aliphatic heterocycles. The van der Waals surface area contributed by atoms with Crippen LogP contribution in [0.2, 0.25) is 0 Å². The zero-order chi connectivity index (χ0) is 23.9. The number of nitrogens with zero attached hydrogens (tertiary/aromatic N) is 3. The van der Waals surface area contributed by atoms with Crippen molar-refractivity contribution in [2.75, 3.05) is 19.6 Å². The molecule has 1 aromatic rings. The van der Waals surface area contributed by atoms with Gasteiger partial charge in [0, 0.05) is 12.6 Å². The number of carbonyl (C=O) groups is 4. The van der Waals surface area contributed by atoms with E-state index in [2.05, 4.69) is 14.9 Å². The molecule has 2 heterocycles. The average molecular weight is 455 g/mol. The number of imidazole rings is 1. The van der Waals surface area contributed by atoms with Crippen molar-refractivity contribution in [2.24, 2.45) is 5.92 Å². The standard InChI is InChI=1S/C19H30N4O3.2CH2O2/c1-14-20-10-16(21-14)12-23(13-18(24)25)19(26)15-6-5-9-22(11-15)17-7-3-2-4-8-17;2*2-1-3/h10,15,17H,2-9,11-13H2,1H3,(H,20,21)(H,24,25);2*1H,(H,2,3). The molecule has 180 valence electrons. The fraction of sp³-hybridized carbons (Fsp3) is 0.667. The lowest BCUT2D eigenvalue weighted by Gasteiger charge is -2.40. The zero-order valence-electron chi connectivity index (χ0n) is 18.5. The molecule has 1 saturated heterocycles. The maximum absolute atomic E-state index is 13.1. The van der Waals surface area contributed by atoms with Crippen molar-refractivity contribution in [3.8, 4) is 0 Å². The minimum absolute atomic E-state index is 0.0415. The summed E-state index contributed by atoms with van der Waals surface area (Å²) < 4.78 is 0. The summed E-state index contributed by atoms with van der Waals surface area (Å²) in [6, 6.07) is 0.600. The predicted molar refractivity (Wildman–Crippen MR) is 115 cm³/mol. The van der Waals surface area contributed by atoms with E-state index in [9.17, 15) is 14.7 Å². The number of aryl methyl sites for hydroxylation is 1. The van der Waals surface area contributed by atoms with E-state index >= 15 is 0 Å². The van der Waals surface area contributed by atoms with Gasteiger partial charge in [0.05, 0.1) is 24.4 Å². The number of aromatic nitrogens is 2. The Hall–Kier alpha value is -2.95. The maximum atomic E-state index is 13.1. The third-order valence-corrected chi connectivity index (χ3v) is 5.65. The number of carbonyl (C=O) groups excluding carboxylic acids is 1. The highest BCUT2D eigenvalue weighted by molar-refractivity contribution is 5.83. The molecule has 0 radical (unpaired) electrons. The van der Waals surface area contributed by atoms with Gasteiger partial charge in [-0.1, -0.05) is 19.3 Å². The lowest BCUT2D eigenvalue weighted by molar-refractivity contribution is -0.148. The number of hydrogen-bond donors (Lipinski definition) is 4. The highest BCUT2D eigenvalue weighted by Crippen LogP contribution is 2.28. The Labute approximate surface area is 187 Å². The summed E-state index contributed by atoms with van der Waals surface area (Å²) >= 11 is 0. The number of amides is 1. The lowest BCUT2D eigenvalue weighted by Crippen LogP contribution is -2.49. The molecule has 0 aromatic carbocycles. The average Bonchev–Trinajstić information content (AvgIpc) is 3.19.